The molecule has 0 spiro atoms. The Morgan fingerprint density at radius 1 is 1.17 bits per heavy atom. The Bertz CT molecular complexity index is 559. The lowest BCUT2D eigenvalue weighted by molar-refractivity contribution is -0.0316. The van der Waals surface area contributed by atoms with Gasteiger partial charge in [-0.25, -0.2) is 0 Å². The molecule has 0 aromatic heterocycles. The van der Waals surface area contributed by atoms with E-state index >= 15 is 0 Å². The minimum absolute atomic E-state index is 0.0819. The summed E-state index contributed by atoms with van der Waals surface area (Å²) < 4.78 is 6.79. The average molecular weight is 422 g/mol. The summed E-state index contributed by atoms with van der Waals surface area (Å²) in [7, 11) is -1.64. The first-order valence-electron chi connectivity index (χ1n) is 12.4. The Hall–Kier alpha value is -0.373. The summed E-state index contributed by atoms with van der Waals surface area (Å²) in [4.78, 5) is 0. The maximum absolute atomic E-state index is 10.6. The Morgan fingerprint density at radius 2 is 1.79 bits per heavy atom. The van der Waals surface area contributed by atoms with Crippen LogP contribution in [0.4, 0.5) is 0 Å². The fraction of sp³-hybridized carbons (Fsp3) is 0.960. The molecule has 4 heteroatoms. The summed E-state index contributed by atoms with van der Waals surface area (Å²) in [6.45, 7) is 16.0. The highest BCUT2D eigenvalue weighted by Gasteiger charge is 2.53. The van der Waals surface area contributed by atoms with Gasteiger partial charge in [-0.2, -0.15) is 5.26 Å². The van der Waals surface area contributed by atoms with Crippen LogP contribution in [0.2, 0.25) is 18.1 Å². The van der Waals surface area contributed by atoms with Crippen LogP contribution >= 0.6 is 0 Å². The Balaban J connectivity index is 2.03. The van der Waals surface area contributed by atoms with Crippen molar-refractivity contribution in [3.05, 3.63) is 0 Å². The van der Waals surface area contributed by atoms with E-state index in [9.17, 15) is 10.4 Å². The number of hydrogen-bond acceptors (Lipinski definition) is 3. The molecule has 0 radical (unpaired) electrons. The Morgan fingerprint density at radius 3 is 2.34 bits per heavy atom. The molecule has 1 unspecified atom stereocenters. The molecule has 2 aliphatic rings. The Kier molecular flexibility index (Phi) is 8.44. The van der Waals surface area contributed by atoms with Gasteiger partial charge in [-0.1, -0.05) is 41.0 Å². The van der Waals surface area contributed by atoms with Crippen molar-refractivity contribution in [3.8, 4) is 6.07 Å². The van der Waals surface area contributed by atoms with Crippen LogP contribution < -0.4 is 0 Å². The second kappa shape index (κ2) is 9.84. The fourth-order valence-corrected chi connectivity index (χ4v) is 10.1. The van der Waals surface area contributed by atoms with E-state index in [0.29, 0.717) is 17.8 Å². The zero-order valence-corrected chi connectivity index (χ0v) is 21.3. The lowest BCUT2D eigenvalue weighted by atomic mass is 9.60. The maximum Gasteiger partial charge on any atom is 0.192 e. The van der Waals surface area contributed by atoms with E-state index in [0.717, 1.165) is 32.1 Å². The second-order valence-electron chi connectivity index (χ2n) is 11.0. The predicted octanol–water partition coefficient (Wildman–Crippen LogP) is 6.92. The number of nitriles is 1. The van der Waals surface area contributed by atoms with Gasteiger partial charge in [0.2, 0.25) is 0 Å². The van der Waals surface area contributed by atoms with E-state index in [2.05, 4.69) is 54.5 Å². The van der Waals surface area contributed by atoms with E-state index in [4.69, 9.17) is 4.43 Å². The van der Waals surface area contributed by atoms with Gasteiger partial charge < -0.3 is 9.53 Å². The van der Waals surface area contributed by atoms with Gasteiger partial charge in [0.25, 0.3) is 0 Å². The molecule has 0 saturated heterocycles. The molecule has 6 atom stereocenters. The quantitative estimate of drug-likeness (QED) is 0.389. The smallest absolute Gasteiger partial charge is 0.192 e. The summed E-state index contributed by atoms with van der Waals surface area (Å²) in [5.74, 6) is 1.47. The van der Waals surface area contributed by atoms with Crippen LogP contribution in [0.5, 0.6) is 0 Å². The second-order valence-corrected chi connectivity index (χ2v) is 15.7. The predicted molar refractivity (Wildman–Crippen MR) is 124 cm³/mol. The summed E-state index contributed by atoms with van der Waals surface area (Å²) in [6.07, 6.45) is 7.38. The minimum Gasteiger partial charge on any atom is -0.412 e. The van der Waals surface area contributed by atoms with Crippen molar-refractivity contribution in [2.45, 2.75) is 123 Å². The van der Waals surface area contributed by atoms with E-state index < -0.39 is 8.32 Å². The molecule has 0 heterocycles. The molecule has 1 N–H and O–H groups in total. The SMILES string of the molecule is CC[Si](CC)(CC)OC(C)(C)CCC(C#N)[C@@H](C)[C@H]1CC[C@H]2[C@@H](O)CCC[C@]12C. The van der Waals surface area contributed by atoms with Crippen molar-refractivity contribution in [2.75, 3.05) is 0 Å². The summed E-state index contributed by atoms with van der Waals surface area (Å²) >= 11 is 0. The molecule has 0 aromatic rings. The normalized spacial score (nSPS) is 32.4. The molecule has 0 amide bonds. The fourth-order valence-electron chi connectivity index (χ4n) is 6.89. The standard InChI is InChI=1S/C25H47NO2Si/c1-8-29(9-2,10-3)28-24(5,6)17-15-20(18-26)19(4)21-13-14-22-23(27)12-11-16-25(21,22)7/h19-23,27H,8-17H2,1-7H3/t19-,20?,21-,22+,23+,25-/m1/s1. The average Bonchev–Trinajstić information content (AvgIpc) is 3.04. The zero-order chi connectivity index (χ0) is 21.9. The lowest BCUT2D eigenvalue weighted by Gasteiger charge is -2.46. The molecule has 2 rings (SSSR count). The van der Waals surface area contributed by atoms with Crippen molar-refractivity contribution in [1.82, 2.24) is 0 Å². The third-order valence-electron chi connectivity index (χ3n) is 9.08. The molecule has 0 bridgehead atoms. The third-order valence-corrected chi connectivity index (χ3v) is 13.9. The van der Waals surface area contributed by atoms with E-state index in [1.165, 1.54) is 31.0 Å². The van der Waals surface area contributed by atoms with Crippen LogP contribution in [0.1, 0.15) is 93.4 Å². The van der Waals surface area contributed by atoms with Crippen LogP contribution in [-0.4, -0.2) is 25.1 Å². The van der Waals surface area contributed by atoms with E-state index in [1.807, 2.05) is 0 Å². The lowest BCUT2D eigenvalue weighted by Crippen LogP contribution is -2.45. The molecule has 2 aliphatic carbocycles. The van der Waals surface area contributed by atoms with Gasteiger partial charge in [-0.15, -0.1) is 0 Å². The molecule has 29 heavy (non-hydrogen) atoms. The molecule has 0 aliphatic heterocycles. The maximum atomic E-state index is 10.6. The highest BCUT2D eigenvalue weighted by molar-refractivity contribution is 6.73. The number of rotatable bonds is 10. The van der Waals surface area contributed by atoms with Gasteiger partial charge in [0.1, 0.15) is 0 Å². The minimum atomic E-state index is -1.64. The summed E-state index contributed by atoms with van der Waals surface area (Å²) in [5.41, 5.74) is 0.0686. The molecule has 2 saturated carbocycles. The first-order valence-corrected chi connectivity index (χ1v) is 14.9. The van der Waals surface area contributed by atoms with Crippen LogP contribution in [-0.2, 0) is 4.43 Å². The van der Waals surface area contributed by atoms with Crippen molar-refractivity contribution >= 4 is 8.32 Å². The number of hydrogen-bond donors (Lipinski definition) is 1. The topological polar surface area (TPSA) is 53.2 Å². The van der Waals surface area contributed by atoms with Gasteiger partial charge in [0, 0.05) is 5.92 Å². The van der Waals surface area contributed by atoms with Gasteiger partial charge in [0.05, 0.1) is 17.8 Å². The molecular formula is C25H47NO2Si. The number of nitrogens with zero attached hydrogens (tertiary/aromatic N) is 1. The first-order chi connectivity index (χ1) is 13.6. The number of fused-ring (bicyclic) bond motifs is 1. The van der Waals surface area contributed by atoms with Crippen molar-refractivity contribution in [1.29, 1.82) is 5.26 Å². The van der Waals surface area contributed by atoms with Crippen molar-refractivity contribution in [2.24, 2.45) is 29.1 Å². The largest absolute Gasteiger partial charge is 0.412 e. The zero-order valence-electron chi connectivity index (χ0n) is 20.3. The van der Waals surface area contributed by atoms with Crippen molar-refractivity contribution < 1.29 is 9.53 Å². The molecule has 168 valence electrons. The number of aliphatic hydroxyl groups is 1. The van der Waals surface area contributed by atoms with Crippen LogP contribution in [0.3, 0.4) is 0 Å². The third kappa shape index (κ3) is 5.28. The summed E-state index contributed by atoms with van der Waals surface area (Å²) in [6, 6.07) is 6.19. The van der Waals surface area contributed by atoms with Crippen LogP contribution in [0.15, 0.2) is 0 Å². The van der Waals surface area contributed by atoms with E-state index in [-0.39, 0.29) is 23.0 Å². The highest BCUT2D eigenvalue weighted by Crippen LogP contribution is 2.58. The molecule has 2 fully saturated rings. The highest BCUT2D eigenvalue weighted by atomic mass is 28.4. The van der Waals surface area contributed by atoms with Crippen LogP contribution in [0, 0.1) is 40.4 Å². The van der Waals surface area contributed by atoms with Crippen molar-refractivity contribution in [3.63, 3.8) is 0 Å². The van der Waals surface area contributed by atoms with Gasteiger partial charge in [-0.05, 0) is 93.7 Å². The van der Waals surface area contributed by atoms with Gasteiger partial charge in [-0.3, -0.25) is 0 Å². The van der Waals surface area contributed by atoms with Gasteiger partial charge >= 0.3 is 0 Å². The van der Waals surface area contributed by atoms with E-state index in [1.54, 1.807) is 0 Å². The van der Waals surface area contributed by atoms with Gasteiger partial charge in [0.15, 0.2) is 8.32 Å². The Labute approximate surface area is 181 Å². The summed E-state index contributed by atoms with van der Waals surface area (Å²) in [5, 5.41) is 20.6. The molecule has 3 nitrogen and oxygen atoms in total. The number of aliphatic hydroxyl groups excluding tert-OH is 1. The molecular weight excluding hydrogens is 374 g/mol. The first kappa shape index (κ1) is 24.9. The van der Waals surface area contributed by atoms with Crippen LogP contribution in [0.25, 0.3) is 0 Å². The molecule has 0 aromatic carbocycles. The monoisotopic (exact) mass is 421 g/mol.